The number of ether oxygens (including phenoxy) is 1. The molecule has 17 heavy (non-hydrogen) atoms. The fraction of sp³-hybridized carbons (Fsp3) is 0.273. The summed E-state index contributed by atoms with van der Waals surface area (Å²) in [5.74, 6) is -2.15. The third kappa shape index (κ3) is 3.53. The molecule has 0 amide bonds. The summed E-state index contributed by atoms with van der Waals surface area (Å²) < 4.78 is 17.9. The molecule has 1 aromatic rings. The molecule has 0 spiro atoms. The normalized spacial score (nSPS) is 13.8. The highest BCUT2D eigenvalue weighted by molar-refractivity contribution is 5.77. The summed E-state index contributed by atoms with van der Waals surface area (Å²) in [7, 11) is 0. The van der Waals surface area contributed by atoms with Gasteiger partial charge in [0.2, 0.25) is 0 Å². The maximum atomic E-state index is 13.0. The molecule has 0 bridgehead atoms. The number of aldehydes is 1. The molecule has 0 fully saturated rings. The van der Waals surface area contributed by atoms with Crippen molar-refractivity contribution in [1.29, 1.82) is 0 Å². The van der Waals surface area contributed by atoms with Crippen LogP contribution in [0.2, 0.25) is 0 Å². The van der Waals surface area contributed by atoms with Gasteiger partial charge in [0.25, 0.3) is 0 Å². The summed E-state index contributed by atoms with van der Waals surface area (Å²) in [5, 5.41) is 18.0. The topological polar surface area (TPSA) is 83.8 Å². The van der Waals surface area contributed by atoms with Gasteiger partial charge >= 0.3 is 5.97 Å². The van der Waals surface area contributed by atoms with Gasteiger partial charge in [-0.1, -0.05) is 0 Å². The quantitative estimate of drug-likeness (QED) is 0.748. The lowest BCUT2D eigenvalue weighted by Crippen LogP contribution is -2.41. The van der Waals surface area contributed by atoms with E-state index in [4.69, 9.17) is 9.84 Å². The molecule has 1 unspecified atom stereocenters. The second-order valence-electron chi connectivity index (χ2n) is 3.71. The summed E-state index contributed by atoms with van der Waals surface area (Å²) >= 11 is 0. The number of carboxylic acid groups (broad SMARTS) is 1. The van der Waals surface area contributed by atoms with Gasteiger partial charge in [0.15, 0.2) is 5.60 Å². The van der Waals surface area contributed by atoms with E-state index in [0.717, 1.165) is 19.1 Å². The monoisotopic (exact) mass is 242 g/mol. The van der Waals surface area contributed by atoms with Crippen molar-refractivity contribution in [3.05, 3.63) is 29.6 Å². The van der Waals surface area contributed by atoms with Crippen LogP contribution in [0.3, 0.4) is 0 Å². The Morgan fingerprint density at radius 2 is 2.18 bits per heavy atom. The fourth-order valence-corrected chi connectivity index (χ4v) is 1.02. The van der Waals surface area contributed by atoms with Crippen LogP contribution in [0, 0.1) is 5.82 Å². The van der Waals surface area contributed by atoms with Gasteiger partial charge in [-0.2, -0.15) is 0 Å². The van der Waals surface area contributed by atoms with E-state index in [-0.39, 0.29) is 11.3 Å². The molecule has 1 atom stereocenters. The molecule has 0 radical (unpaired) electrons. The van der Waals surface area contributed by atoms with Crippen LogP contribution in [0.1, 0.15) is 17.3 Å². The van der Waals surface area contributed by atoms with Crippen molar-refractivity contribution in [3.63, 3.8) is 0 Å². The summed E-state index contributed by atoms with van der Waals surface area (Å²) in [6.45, 7) is 0.499. The Balaban J connectivity index is 2.79. The Labute approximate surface area is 96.4 Å². The standard InChI is InChI=1S/C11H11FO5/c1-11(16,10(14)15)6-17-9-3-7(5-13)2-8(12)4-9/h2-5,16H,6H2,1H3,(H,14,15). The highest BCUT2D eigenvalue weighted by Crippen LogP contribution is 2.17. The lowest BCUT2D eigenvalue weighted by Gasteiger charge is -2.18. The van der Waals surface area contributed by atoms with Crippen molar-refractivity contribution in [3.8, 4) is 5.75 Å². The summed E-state index contributed by atoms with van der Waals surface area (Å²) in [5.41, 5.74) is -2.01. The molecular formula is C11H11FO5. The Morgan fingerprint density at radius 1 is 1.53 bits per heavy atom. The Kier molecular flexibility index (Phi) is 3.80. The van der Waals surface area contributed by atoms with Crippen LogP contribution in [-0.2, 0) is 4.79 Å². The first-order valence-electron chi connectivity index (χ1n) is 4.69. The molecule has 5 nitrogen and oxygen atoms in total. The Bertz CT molecular complexity index is 441. The number of carbonyl (C=O) groups excluding carboxylic acids is 1. The van der Waals surface area contributed by atoms with Crippen molar-refractivity contribution >= 4 is 12.3 Å². The maximum absolute atomic E-state index is 13.0. The first-order valence-corrected chi connectivity index (χ1v) is 4.69. The van der Waals surface area contributed by atoms with E-state index in [0.29, 0.717) is 6.29 Å². The van der Waals surface area contributed by atoms with Crippen LogP contribution < -0.4 is 4.74 Å². The van der Waals surface area contributed by atoms with Gasteiger partial charge in [0.05, 0.1) is 0 Å². The average molecular weight is 242 g/mol. The van der Waals surface area contributed by atoms with E-state index in [2.05, 4.69) is 0 Å². The number of aliphatic carboxylic acids is 1. The molecule has 0 saturated heterocycles. The zero-order chi connectivity index (χ0) is 13.1. The van der Waals surface area contributed by atoms with Crippen molar-refractivity contribution < 1.29 is 28.9 Å². The van der Waals surface area contributed by atoms with Gasteiger partial charge in [-0.05, 0) is 19.1 Å². The van der Waals surface area contributed by atoms with Crippen LogP contribution in [0.4, 0.5) is 4.39 Å². The zero-order valence-corrected chi connectivity index (χ0v) is 9.01. The van der Waals surface area contributed by atoms with E-state index in [1.807, 2.05) is 0 Å². The van der Waals surface area contributed by atoms with E-state index in [1.54, 1.807) is 0 Å². The molecule has 0 aromatic heterocycles. The number of aliphatic hydroxyl groups is 1. The molecule has 0 aliphatic heterocycles. The number of halogens is 1. The van der Waals surface area contributed by atoms with Crippen molar-refractivity contribution in [1.82, 2.24) is 0 Å². The molecule has 0 aliphatic rings. The number of rotatable bonds is 5. The van der Waals surface area contributed by atoms with E-state index < -0.39 is 24.0 Å². The van der Waals surface area contributed by atoms with Crippen LogP contribution in [0.15, 0.2) is 18.2 Å². The van der Waals surface area contributed by atoms with Gasteiger partial charge in [0, 0.05) is 11.6 Å². The minimum Gasteiger partial charge on any atom is -0.490 e. The first kappa shape index (κ1) is 13.1. The van der Waals surface area contributed by atoms with Gasteiger partial charge in [-0.25, -0.2) is 9.18 Å². The van der Waals surface area contributed by atoms with Crippen molar-refractivity contribution in [2.75, 3.05) is 6.61 Å². The number of carboxylic acids is 1. The third-order valence-electron chi connectivity index (χ3n) is 2.01. The molecule has 6 heteroatoms. The Morgan fingerprint density at radius 3 is 2.71 bits per heavy atom. The number of hydrogen-bond donors (Lipinski definition) is 2. The first-order chi connectivity index (χ1) is 7.85. The van der Waals surface area contributed by atoms with Crippen LogP contribution >= 0.6 is 0 Å². The van der Waals surface area contributed by atoms with Crippen LogP contribution in [-0.4, -0.2) is 34.7 Å². The minimum atomic E-state index is -2.08. The SMILES string of the molecule is CC(O)(COc1cc(F)cc(C=O)c1)C(=O)O. The Hall–Kier alpha value is -1.95. The van der Waals surface area contributed by atoms with Gasteiger partial charge in [-0.15, -0.1) is 0 Å². The molecule has 0 saturated carbocycles. The van der Waals surface area contributed by atoms with E-state index in [1.165, 1.54) is 6.07 Å². The molecule has 92 valence electrons. The second kappa shape index (κ2) is 4.92. The number of hydrogen-bond acceptors (Lipinski definition) is 4. The summed E-state index contributed by atoms with van der Waals surface area (Å²) in [6.07, 6.45) is 0.436. The second-order valence-corrected chi connectivity index (χ2v) is 3.71. The molecule has 0 aliphatic carbocycles. The number of benzene rings is 1. The molecule has 2 N–H and O–H groups in total. The average Bonchev–Trinajstić information content (AvgIpc) is 2.25. The lowest BCUT2D eigenvalue weighted by molar-refractivity contribution is -0.159. The van der Waals surface area contributed by atoms with Crippen LogP contribution in [0.5, 0.6) is 5.75 Å². The fourth-order valence-electron chi connectivity index (χ4n) is 1.02. The van der Waals surface area contributed by atoms with Gasteiger partial charge in [-0.3, -0.25) is 4.79 Å². The predicted molar refractivity (Wildman–Crippen MR) is 55.5 cm³/mol. The third-order valence-corrected chi connectivity index (χ3v) is 2.01. The zero-order valence-electron chi connectivity index (χ0n) is 9.01. The predicted octanol–water partition coefficient (Wildman–Crippen LogP) is 0.853. The molecule has 0 heterocycles. The highest BCUT2D eigenvalue weighted by atomic mass is 19.1. The summed E-state index contributed by atoms with van der Waals surface area (Å²) in [4.78, 5) is 21.0. The molecule has 1 aromatic carbocycles. The highest BCUT2D eigenvalue weighted by Gasteiger charge is 2.31. The van der Waals surface area contributed by atoms with Gasteiger partial charge in [0.1, 0.15) is 24.5 Å². The number of carbonyl (C=O) groups is 2. The smallest absolute Gasteiger partial charge is 0.339 e. The van der Waals surface area contributed by atoms with E-state index in [9.17, 15) is 19.1 Å². The maximum Gasteiger partial charge on any atom is 0.339 e. The molecular weight excluding hydrogens is 231 g/mol. The van der Waals surface area contributed by atoms with E-state index >= 15 is 0 Å². The largest absolute Gasteiger partial charge is 0.490 e. The van der Waals surface area contributed by atoms with Crippen LogP contribution in [0.25, 0.3) is 0 Å². The molecule has 1 rings (SSSR count). The minimum absolute atomic E-state index is 0.0198. The summed E-state index contributed by atoms with van der Waals surface area (Å²) in [6, 6.07) is 3.24. The van der Waals surface area contributed by atoms with Crippen molar-refractivity contribution in [2.45, 2.75) is 12.5 Å². The lowest BCUT2D eigenvalue weighted by atomic mass is 10.1. The van der Waals surface area contributed by atoms with Gasteiger partial charge < -0.3 is 14.9 Å². The van der Waals surface area contributed by atoms with Crippen molar-refractivity contribution in [2.24, 2.45) is 0 Å².